The summed E-state index contributed by atoms with van der Waals surface area (Å²) in [6.07, 6.45) is 2.67. The molecule has 4 heterocycles. The highest BCUT2D eigenvalue weighted by Crippen LogP contribution is 2.31. The quantitative estimate of drug-likeness (QED) is 0.326. The molecule has 0 bridgehead atoms. The summed E-state index contributed by atoms with van der Waals surface area (Å²) < 4.78 is 35.9. The summed E-state index contributed by atoms with van der Waals surface area (Å²) in [5, 5.41) is 16.0. The third kappa shape index (κ3) is 5.47. The minimum atomic E-state index is -3.46. The summed E-state index contributed by atoms with van der Waals surface area (Å²) in [6.45, 7) is 3.07. The molecule has 37 heavy (non-hydrogen) atoms. The van der Waals surface area contributed by atoms with Crippen LogP contribution in [0.2, 0.25) is 0 Å². The van der Waals surface area contributed by atoms with Crippen molar-refractivity contribution in [2.75, 3.05) is 30.1 Å². The fraction of sp³-hybridized carbons (Fsp3) is 0.280. The zero-order valence-corrected chi connectivity index (χ0v) is 21.1. The minimum Gasteiger partial charge on any atom is -0.487 e. The van der Waals surface area contributed by atoms with E-state index in [0.29, 0.717) is 59.0 Å². The zero-order valence-electron chi connectivity index (χ0n) is 20.3. The first-order valence-corrected chi connectivity index (χ1v) is 13.6. The second-order valence-corrected chi connectivity index (χ2v) is 10.7. The second kappa shape index (κ2) is 10.0. The average molecular weight is 520 g/mol. The van der Waals surface area contributed by atoms with E-state index in [1.807, 2.05) is 0 Å². The Morgan fingerprint density at radius 2 is 1.84 bits per heavy atom. The average Bonchev–Trinajstić information content (AvgIpc) is 3.25. The highest BCUT2D eigenvalue weighted by atomic mass is 32.2. The maximum Gasteiger partial charge on any atom is 0.184 e. The number of ether oxygens (including phenoxy) is 2. The molecule has 0 unspecified atom stereocenters. The number of anilines is 4. The number of rotatable bonds is 7. The van der Waals surface area contributed by atoms with Crippen LogP contribution >= 0.6 is 0 Å². The Labute approximate surface area is 213 Å². The van der Waals surface area contributed by atoms with Crippen molar-refractivity contribution in [1.82, 2.24) is 19.9 Å². The van der Waals surface area contributed by atoms with E-state index in [0.717, 1.165) is 19.1 Å². The number of para-hydroxylation sites is 1. The van der Waals surface area contributed by atoms with Crippen molar-refractivity contribution in [1.29, 1.82) is 5.26 Å². The first kappa shape index (κ1) is 24.5. The van der Waals surface area contributed by atoms with Gasteiger partial charge in [-0.1, -0.05) is 12.1 Å². The lowest BCUT2D eigenvalue weighted by Gasteiger charge is -2.23. The first-order chi connectivity index (χ1) is 17.8. The van der Waals surface area contributed by atoms with Gasteiger partial charge in [-0.05, 0) is 31.2 Å². The van der Waals surface area contributed by atoms with Crippen LogP contribution in [-0.2, 0) is 14.6 Å². The van der Waals surface area contributed by atoms with Gasteiger partial charge in [0.25, 0.3) is 0 Å². The summed E-state index contributed by atoms with van der Waals surface area (Å²) in [6, 6.07) is 13.9. The Balaban J connectivity index is 1.46. The van der Waals surface area contributed by atoms with E-state index in [1.54, 1.807) is 49.4 Å². The third-order valence-electron chi connectivity index (χ3n) is 5.81. The number of nitriles is 1. The number of fused-ring (bicyclic) bond motifs is 1. The van der Waals surface area contributed by atoms with E-state index in [-0.39, 0.29) is 16.7 Å². The van der Waals surface area contributed by atoms with E-state index in [4.69, 9.17) is 9.47 Å². The SMILES string of the molecule is Cc1nc2c(Nc3ccccc3S(C)(=O)=O)cc(Nc3ccc(OC4CCOCC4)c(C#N)n3)nc2[nH]1. The van der Waals surface area contributed by atoms with Crippen LogP contribution in [0.15, 0.2) is 47.4 Å². The molecule has 0 saturated carbocycles. The van der Waals surface area contributed by atoms with Gasteiger partial charge in [0.15, 0.2) is 26.9 Å². The number of nitrogens with zero attached hydrogens (tertiary/aromatic N) is 4. The van der Waals surface area contributed by atoms with Crippen LogP contribution in [-0.4, -0.2) is 53.9 Å². The molecule has 1 aliphatic rings. The van der Waals surface area contributed by atoms with E-state index >= 15 is 0 Å². The molecule has 0 spiro atoms. The highest BCUT2D eigenvalue weighted by Gasteiger charge is 2.19. The number of imidazole rings is 1. The van der Waals surface area contributed by atoms with Gasteiger partial charge in [-0.2, -0.15) is 5.26 Å². The normalized spacial score (nSPS) is 14.3. The van der Waals surface area contributed by atoms with Crippen molar-refractivity contribution in [3.63, 3.8) is 0 Å². The van der Waals surface area contributed by atoms with Crippen molar-refractivity contribution in [2.45, 2.75) is 30.8 Å². The topological polar surface area (TPSA) is 155 Å². The van der Waals surface area contributed by atoms with Gasteiger partial charge >= 0.3 is 0 Å². The fourth-order valence-corrected chi connectivity index (χ4v) is 4.94. The largest absolute Gasteiger partial charge is 0.487 e. The summed E-state index contributed by atoms with van der Waals surface area (Å²) >= 11 is 0. The zero-order chi connectivity index (χ0) is 26.0. The molecule has 1 aliphatic heterocycles. The summed E-state index contributed by atoms with van der Waals surface area (Å²) in [5.74, 6) is 1.90. The minimum absolute atomic E-state index is 0.0161. The van der Waals surface area contributed by atoms with Gasteiger partial charge in [0, 0.05) is 25.2 Å². The number of aromatic nitrogens is 4. The highest BCUT2D eigenvalue weighted by molar-refractivity contribution is 7.90. The number of H-pyrrole nitrogens is 1. The standard InChI is InChI=1S/C25H25N7O4S/c1-15-27-24-18(29-17-5-3-4-6-21(17)37(2,33)34)13-23(32-25(24)28-15)31-22-8-7-20(19(14-26)30-22)36-16-9-11-35-12-10-16/h3-8,13,16H,9-12H2,1-2H3,(H3,27,28,29,30,31,32). The van der Waals surface area contributed by atoms with Crippen LogP contribution in [0.1, 0.15) is 24.4 Å². The van der Waals surface area contributed by atoms with Crippen LogP contribution in [0, 0.1) is 18.3 Å². The molecule has 0 radical (unpaired) electrons. The molecule has 1 saturated heterocycles. The van der Waals surface area contributed by atoms with E-state index in [2.05, 4.69) is 36.6 Å². The number of aromatic amines is 1. The lowest BCUT2D eigenvalue weighted by atomic mass is 10.1. The molecule has 3 aromatic heterocycles. The van der Waals surface area contributed by atoms with E-state index in [9.17, 15) is 13.7 Å². The molecule has 11 nitrogen and oxygen atoms in total. The number of aryl methyl sites for hydroxylation is 1. The summed E-state index contributed by atoms with van der Waals surface area (Å²) in [4.78, 5) is 16.8. The van der Waals surface area contributed by atoms with Crippen molar-refractivity contribution in [3.8, 4) is 11.8 Å². The Morgan fingerprint density at radius 1 is 1.05 bits per heavy atom. The molecule has 0 aliphatic carbocycles. The predicted octanol–water partition coefficient (Wildman–Crippen LogP) is 3.98. The monoisotopic (exact) mass is 519 g/mol. The van der Waals surface area contributed by atoms with Crippen molar-refractivity contribution >= 4 is 44.0 Å². The molecule has 1 aromatic carbocycles. The van der Waals surface area contributed by atoms with Gasteiger partial charge in [0.1, 0.15) is 35.2 Å². The van der Waals surface area contributed by atoms with Crippen molar-refractivity contribution in [3.05, 3.63) is 54.0 Å². The van der Waals surface area contributed by atoms with Gasteiger partial charge in [-0.15, -0.1) is 0 Å². The maximum atomic E-state index is 12.3. The molecule has 0 amide bonds. The fourth-order valence-electron chi connectivity index (χ4n) is 4.10. The predicted molar refractivity (Wildman–Crippen MR) is 138 cm³/mol. The van der Waals surface area contributed by atoms with E-state index < -0.39 is 9.84 Å². The molecule has 4 aromatic rings. The van der Waals surface area contributed by atoms with Crippen LogP contribution in [0.5, 0.6) is 5.75 Å². The number of hydrogen-bond acceptors (Lipinski definition) is 10. The number of sulfone groups is 1. The van der Waals surface area contributed by atoms with Gasteiger partial charge in [-0.25, -0.2) is 23.4 Å². The smallest absolute Gasteiger partial charge is 0.184 e. The first-order valence-electron chi connectivity index (χ1n) is 11.7. The van der Waals surface area contributed by atoms with Crippen LogP contribution < -0.4 is 15.4 Å². The number of nitrogens with one attached hydrogen (secondary N) is 3. The van der Waals surface area contributed by atoms with Crippen molar-refractivity contribution in [2.24, 2.45) is 0 Å². The van der Waals surface area contributed by atoms with Crippen molar-refractivity contribution < 1.29 is 17.9 Å². The number of benzene rings is 1. The Morgan fingerprint density at radius 3 is 2.59 bits per heavy atom. The summed E-state index contributed by atoms with van der Waals surface area (Å²) in [7, 11) is -3.46. The third-order valence-corrected chi connectivity index (χ3v) is 6.96. The molecule has 5 rings (SSSR count). The second-order valence-electron chi connectivity index (χ2n) is 8.68. The molecular weight excluding hydrogens is 494 g/mol. The number of hydrogen-bond donors (Lipinski definition) is 3. The van der Waals surface area contributed by atoms with Gasteiger partial charge in [-0.3, -0.25) is 0 Å². The van der Waals surface area contributed by atoms with Crippen LogP contribution in [0.25, 0.3) is 11.2 Å². The molecule has 1 fully saturated rings. The Kier molecular flexibility index (Phi) is 6.64. The van der Waals surface area contributed by atoms with Crippen LogP contribution in [0.4, 0.5) is 23.0 Å². The Bertz CT molecular complexity index is 1610. The molecule has 3 N–H and O–H groups in total. The van der Waals surface area contributed by atoms with E-state index in [1.165, 1.54) is 0 Å². The molecular formula is C25H25N7O4S. The lowest BCUT2D eigenvalue weighted by Crippen LogP contribution is -2.26. The molecule has 190 valence electrons. The Hall–Kier alpha value is -4.21. The lowest BCUT2D eigenvalue weighted by molar-refractivity contribution is 0.0253. The summed E-state index contributed by atoms with van der Waals surface area (Å²) in [5.41, 5.74) is 2.19. The maximum absolute atomic E-state index is 12.3. The molecule has 0 atom stereocenters. The van der Waals surface area contributed by atoms with Crippen LogP contribution in [0.3, 0.4) is 0 Å². The number of pyridine rings is 2. The van der Waals surface area contributed by atoms with Gasteiger partial charge < -0.3 is 25.1 Å². The molecule has 12 heteroatoms. The van der Waals surface area contributed by atoms with Gasteiger partial charge in [0.05, 0.1) is 29.5 Å². The van der Waals surface area contributed by atoms with Gasteiger partial charge in [0.2, 0.25) is 0 Å².